The number of rotatable bonds is 8. The van der Waals surface area contributed by atoms with E-state index in [1.807, 2.05) is 51.1 Å². The molecule has 0 N–H and O–H groups in total. The van der Waals surface area contributed by atoms with Gasteiger partial charge in [-0.3, -0.25) is 19.3 Å². The summed E-state index contributed by atoms with van der Waals surface area (Å²) in [6.45, 7) is 7.08. The van der Waals surface area contributed by atoms with Crippen molar-refractivity contribution < 1.29 is 23.8 Å². The number of ether oxygens (including phenoxy) is 3. The predicted octanol–water partition coefficient (Wildman–Crippen LogP) is 6.47. The zero-order valence-corrected chi connectivity index (χ0v) is 24.7. The minimum Gasteiger partial charge on any atom is -0.431 e. The number of halogens is 2. The number of benzene rings is 1. The van der Waals surface area contributed by atoms with E-state index in [0.717, 1.165) is 25.9 Å². The Morgan fingerprint density at radius 3 is 2.55 bits per heavy atom. The summed E-state index contributed by atoms with van der Waals surface area (Å²) in [6.07, 6.45) is 2.70. The Morgan fingerprint density at radius 1 is 1.08 bits per heavy atom. The largest absolute Gasteiger partial charge is 0.511 e. The Hall–Kier alpha value is -3.05. The lowest BCUT2D eigenvalue weighted by Gasteiger charge is -2.16. The minimum atomic E-state index is -0.875. The van der Waals surface area contributed by atoms with Crippen LogP contribution in [0.2, 0.25) is 0 Å². The van der Waals surface area contributed by atoms with E-state index >= 15 is 0 Å². The molecule has 3 heterocycles. The van der Waals surface area contributed by atoms with Crippen molar-refractivity contribution in [3.8, 4) is 5.69 Å². The van der Waals surface area contributed by atoms with Gasteiger partial charge in [0.05, 0.1) is 17.1 Å². The maximum atomic E-state index is 12.5. The summed E-state index contributed by atoms with van der Waals surface area (Å²) in [6, 6.07) is 9.24. The zero-order chi connectivity index (χ0) is 27.4. The van der Waals surface area contributed by atoms with Crippen molar-refractivity contribution >= 4 is 49.7 Å². The van der Waals surface area contributed by atoms with Crippen molar-refractivity contribution in [3.05, 3.63) is 74.4 Å². The van der Waals surface area contributed by atoms with Crippen LogP contribution in [0, 0.1) is 12.8 Å². The van der Waals surface area contributed by atoms with Crippen molar-refractivity contribution in [2.24, 2.45) is 10.9 Å². The molecule has 0 bridgehead atoms. The molecule has 1 unspecified atom stereocenters. The van der Waals surface area contributed by atoms with E-state index in [1.165, 1.54) is 0 Å². The molecule has 38 heavy (non-hydrogen) atoms. The Kier molecular flexibility index (Phi) is 8.99. The highest BCUT2D eigenvalue weighted by Gasteiger charge is 2.29. The SMILES string of the molecule is Cc1cnc2n1-c1cc(Br)c(Br)cc1C(c1ccccn1)=N[C@H]2CCC(=O)OCOC(=O)OC(C)C(C)C. The molecule has 1 aromatic carbocycles. The van der Waals surface area contributed by atoms with E-state index in [4.69, 9.17) is 19.2 Å². The topological polar surface area (TPSA) is 105 Å². The number of hydrogen-bond acceptors (Lipinski definition) is 8. The van der Waals surface area contributed by atoms with E-state index in [0.29, 0.717) is 23.7 Å². The molecule has 1 aliphatic heterocycles. The first-order valence-electron chi connectivity index (χ1n) is 12.2. The smallest absolute Gasteiger partial charge is 0.431 e. The molecule has 2 atom stereocenters. The van der Waals surface area contributed by atoms with Gasteiger partial charge in [0, 0.05) is 39.0 Å². The molecular formula is C27H28Br2N4O5. The van der Waals surface area contributed by atoms with Crippen LogP contribution in [0.4, 0.5) is 4.79 Å². The summed E-state index contributed by atoms with van der Waals surface area (Å²) >= 11 is 7.23. The number of aryl methyl sites for hydroxylation is 1. The van der Waals surface area contributed by atoms with Crippen molar-refractivity contribution in [2.75, 3.05) is 6.79 Å². The van der Waals surface area contributed by atoms with Gasteiger partial charge in [-0.2, -0.15) is 0 Å². The fraction of sp³-hybridized carbons (Fsp3) is 0.370. The zero-order valence-electron chi connectivity index (χ0n) is 21.5. The molecule has 0 radical (unpaired) electrons. The summed E-state index contributed by atoms with van der Waals surface area (Å²) in [7, 11) is 0. The van der Waals surface area contributed by atoms with Crippen LogP contribution < -0.4 is 0 Å². The highest BCUT2D eigenvalue weighted by atomic mass is 79.9. The number of nitrogens with zero attached hydrogens (tertiary/aromatic N) is 4. The van der Waals surface area contributed by atoms with Crippen LogP contribution in [0.15, 0.2) is 56.7 Å². The Bertz CT molecular complexity index is 1360. The molecule has 0 aliphatic carbocycles. The Morgan fingerprint density at radius 2 is 1.84 bits per heavy atom. The van der Waals surface area contributed by atoms with Gasteiger partial charge in [0.25, 0.3) is 0 Å². The molecule has 2 aromatic heterocycles. The standard InChI is InChI=1S/C27H28Br2N4O5/c1-15(2)17(4)38-27(35)37-14-36-24(34)9-8-22-26-31-13-16(3)33(26)23-12-20(29)19(28)11-18(23)25(32-22)21-7-5-6-10-30-21/h5-7,10-13,15,17,22H,8-9,14H2,1-4H3/t17?,22-/m0/s1. The second-order valence-corrected chi connectivity index (χ2v) is 10.9. The van der Waals surface area contributed by atoms with E-state index in [-0.39, 0.29) is 18.4 Å². The lowest BCUT2D eigenvalue weighted by molar-refractivity contribution is -0.154. The first kappa shape index (κ1) is 28.0. The number of imidazole rings is 1. The van der Waals surface area contributed by atoms with Gasteiger partial charge in [0.15, 0.2) is 0 Å². The highest BCUT2D eigenvalue weighted by molar-refractivity contribution is 9.13. The molecule has 200 valence electrons. The van der Waals surface area contributed by atoms with Crippen LogP contribution >= 0.6 is 31.9 Å². The lowest BCUT2D eigenvalue weighted by atomic mass is 10.0. The fourth-order valence-corrected chi connectivity index (χ4v) is 4.57. The maximum Gasteiger partial charge on any atom is 0.511 e. The summed E-state index contributed by atoms with van der Waals surface area (Å²) in [5, 5.41) is 0. The van der Waals surface area contributed by atoms with Gasteiger partial charge in [0.2, 0.25) is 6.79 Å². The van der Waals surface area contributed by atoms with Gasteiger partial charge in [-0.05, 0) is 82.3 Å². The lowest BCUT2D eigenvalue weighted by Crippen LogP contribution is -2.22. The number of carbonyl (C=O) groups is 2. The van der Waals surface area contributed by atoms with Crippen molar-refractivity contribution in [3.63, 3.8) is 0 Å². The Labute approximate surface area is 237 Å². The van der Waals surface area contributed by atoms with Crippen molar-refractivity contribution in [1.82, 2.24) is 14.5 Å². The van der Waals surface area contributed by atoms with Crippen LogP contribution in [0.1, 0.15) is 62.4 Å². The third-order valence-electron chi connectivity index (χ3n) is 6.23. The minimum absolute atomic E-state index is 0.0418. The molecule has 0 spiro atoms. The number of aliphatic imine (C=N–C) groups is 1. The van der Waals surface area contributed by atoms with E-state index in [2.05, 4.69) is 46.4 Å². The van der Waals surface area contributed by atoms with E-state index in [1.54, 1.807) is 19.3 Å². The number of fused-ring (bicyclic) bond motifs is 3. The molecule has 0 saturated heterocycles. The van der Waals surface area contributed by atoms with Crippen LogP contribution in [0.3, 0.4) is 0 Å². The van der Waals surface area contributed by atoms with Crippen LogP contribution in [-0.4, -0.2) is 45.3 Å². The number of esters is 1. The third-order valence-corrected chi connectivity index (χ3v) is 8.07. The number of carbonyl (C=O) groups excluding carboxylic acids is 2. The van der Waals surface area contributed by atoms with Crippen LogP contribution in [0.25, 0.3) is 5.69 Å². The molecule has 0 amide bonds. The monoisotopic (exact) mass is 646 g/mol. The maximum absolute atomic E-state index is 12.5. The van der Waals surface area contributed by atoms with E-state index < -0.39 is 25.0 Å². The molecule has 0 saturated carbocycles. The number of pyridine rings is 1. The third kappa shape index (κ3) is 6.32. The number of aromatic nitrogens is 3. The normalized spacial score (nSPS) is 15.1. The van der Waals surface area contributed by atoms with E-state index in [9.17, 15) is 9.59 Å². The second-order valence-electron chi connectivity index (χ2n) is 9.22. The van der Waals surface area contributed by atoms with Gasteiger partial charge in [-0.15, -0.1) is 0 Å². The average molecular weight is 648 g/mol. The molecule has 1 aliphatic rings. The first-order valence-corrected chi connectivity index (χ1v) is 13.8. The fourth-order valence-electron chi connectivity index (χ4n) is 3.89. The van der Waals surface area contributed by atoms with Crippen LogP contribution in [0.5, 0.6) is 0 Å². The van der Waals surface area contributed by atoms with Gasteiger partial charge in [0.1, 0.15) is 18.0 Å². The first-order chi connectivity index (χ1) is 18.2. The molecule has 11 heteroatoms. The second kappa shape index (κ2) is 12.2. The van der Waals surface area contributed by atoms with Crippen molar-refractivity contribution in [1.29, 1.82) is 0 Å². The van der Waals surface area contributed by atoms with Gasteiger partial charge in [-0.1, -0.05) is 19.9 Å². The molecule has 9 nitrogen and oxygen atoms in total. The van der Waals surface area contributed by atoms with Crippen molar-refractivity contribution in [2.45, 2.75) is 52.7 Å². The summed E-state index contributed by atoms with van der Waals surface area (Å²) in [5.41, 5.74) is 4.13. The molecule has 4 rings (SSSR count). The summed E-state index contributed by atoms with van der Waals surface area (Å²) in [5.74, 6) is 0.330. The molecule has 3 aromatic rings. The van der Waals surface area contributed by atoms with Crippen LogP contribution in [-0.2, 0) is 19.0 Å². The average Bonchev–Trinajstić information content (AvgIpc) is 3.21. The number of hydrogen-bond donors (Lipinski definition) is 0. The van der Waals surface area contributed by atoms with Gasteiger partial charge in [-0.25, -0.2) is 9.78 Å². The molecular weight excluding hydrogens is 620 g/mol. The Balaban J connectivity index is 1.55. The molecule has 0 fully saturated rings. The quantitative estimate of drug-likeness (QED) is 0.204. The summed E-state index contributed by atoms with van der Waals surface area (Å²) in [4.78, 5) is 38.5. The predicted molar refractivity (Wildman–Crippen MR) is 148 cm³/mol. The highest BCUT2D eigenvalue weighted by Crippen LogP contribution is 2.37. The van der Waals surface area contributed by atoms with Gasteiger partial charge < -0.3 is 14.2 Å². The van der Waals surface area contributed by atoms with Gasteiger partial charge >= 0.3 is 12.1 Å². The summed E-state index contributed by atoms with van der Waals surface area (Å²) < 4.78 is 18.9.